The number of ether oxygens (including phenoxy) is 2. The van der Waals surface area contributed by atoms with Crippen LogP contribution in [0.25, 0.3) is 11.1 Å². The third-order valence-corrected chi connectivity index (χ3v) is 4.15. The molecule has 0 aliphatic carbocycles. The molecular weight excluding hydrogens is 358 g/mol. The molecule has 1 unspecified atom stereocenters. The fourth-order valence-electron chi connectivity index (χ4n) is 3.12. The van der Waals surface area contributed by atoms with Crippen LogP contribution >= 0.6 is 0 Å². The number of anilines is 2. The van der Waals surface area contributed by atoms with Crippen molar-refractivity contribution in [1.29, 1.82) is 5.26 Å². The van der Waals surface area contributed by atoms with E-state index in [9.17, 15) is 10.1 Å². The number of aromatic nitrogens is 1. The number of nitrogen functional groups attached to an aromatic ring is 2. The van der Waals surface area contributed by atoms with Crippen molar-refractivity contribution in [2.75, 3.05) is 18.1 Å². The number of nitriles is 1. The zero-order chi connectivity index (χ0) is 20.9. The minimum Gasteiger partial charge on any atom is -0.488 e. The molecule has 8 nitrogen and oxygen atoms in total. The number of nitrogens with two attached hydrogens (primary N) is 3. The van der Waals surface area contributed by atoms with Gasteiger partial charge in [-0.15, -0.1) is 0 Å². The van der Waals surface area contributed by atoms with E-state index < -0.39 is 11.7 Å². The van der Waals surface area contributed by atoms with Gasteiger partial charge in [0.1, 0.15) is 29.8 Å². The van der Waals surface area contributed by atoms with Crippen LogP contribution in [0.4, 0.5) is 16.3 Å². The molecule has 0 spiro atoms. The lowest BCUT2D eigenvalue weighted by atomic mass is 9.95. The van der Waals surface area contributed by atoms with Crippen LogP contribution in [0.2, 0.25) is 0 Å². The van der Waals surface area contributed by atoms with E-state index in [1.54, 1.807) is 37.4 Å². The number of carbonyl (C=O) groups is 1. The number of primary amides is 1. The standard InChI is InChI=1S/C20H25N5O3/c1-12(2)9-20(3,28-19(24)26)11-27-16-5-4-13(8-14(16)10-21)15-6-7-25-18(23)17(15)22/h4-8,12H,9,11,22H2,1-3H3,(H2,23,25)(H2,24,26). The molecule has 0 saturated heterocycles. The molecule has 2 aromatic rings. The average Bonchev–Trinajstić information content (AvgIpc) is 2.61. The number of hydrogen-bond donors (Lipinski definition) is 3. The number of benzene rings is 1. The van der Waals surface area contributed by atoms with Crippen molar-refractivity contribution in [2.24, 2.45) is 11.7 Å². The van der Waals surface area contributed by atoms with E-state index in [4.69, 9.17) is 26.7 Å². The molecule has 2 rings (SSSR count). The topological polar surface area (TPSA) is 150 Å². The Morgan fingerprint density at radius 2 is 2.04 bits per heavy atom. The van der Waals surface area contributed by atoms with Crippen molar-refractivity contribution in [2.45, 2.75) is 32.8 Å². The predicted octanol–water partition coefficient (Wildman–Crippen LogP) is 3.06. The first-order chi connectivity index (χ1) is 13.1. The van der Waals surface area contributed by atoms with Gasteiger partial charge in [0.15, 0.2) is 0 Å². The lowest BCUT2D eigenvalue weighted by Gasteiger charge is -2.30. The number of hydrogen-bond acceptors (Lipinski definition) is 7. The van der Waals surface area contributed by atoms with Gasteiger partial charge in [0, 0.05) is 11.8 Å². The highest BCUT2D eigenvalue weighted by Gasteiger charge is 2.30. The van der Waals surface area contributed by atoms with Crippen LogP contribution < -0.4 is 21.9 Å². The fourth-order valence-corrected chi connectivity index (χ4v) is 3.12. The van der Waals surface area contributed by atoms with Crippen molar-refractivity contribution in [3.05, 3.63) is 36.0 Å². The molecule has 0 radical (unpaired) electrons. The second-order valence-corrected chi connectivity index (χ2v) is 7.24. The van der Waals surface area contributed by atoms with Gasteiger partial charge in [-0.3, -0.25) is 0 Å². The highest BCUT2D eigenvalue weighted by molar-refractivity contribution is 5.83. The highest BCUT2D eigenvalue weighted by atomic mass is 16.6. The van der Waals surface area contributed by atoms with Crippen LogP contribution in [0.3, 0.4) is 0 Å². The van der Waals surface area contributed by atoms with E-state index in [2.05, 4.69) is 11.1 Å². The molecule has 6 N–H and O–H groups in total. The first kappa shape index (κ1) is 20.8. The van der Waals surface area contributed by atoms with Gasteiger partial charge in [0.05, 0.1) is 11.3 Å². The molecule has 1 amide bonds. The van der Waals surface area contributed by atoms with E-state index in [-0.39, 0.29) is 18.3 Å². The largest absolute Gasteiger partial charge is 0.488 e. The lowest BCUT2D eigenvalue weighted by molar-refractivity contribution is -0.0186. The van der Waals surface area contributed by atoms with E-state index in [1.165, 1.54) is 0 Å². The number of nitrogens with zero attached hydrogens (tertiary/aromatic N) is 2. The van der Waals surface area contributed by atoms with Gasteiger partial charge >= 0.3 is 6.09 Å². The Morgan fingerprint density at radius 1 is 1.32 bits per heavy atom. The second-order valence-electron chi connectivity index (χ2n) is 7.24. The van der Waals surface area contributed by atoms with Gasteiger partial charge in [-0.05, 0) is 43.0 Å². The molecule has 1 atom stereocenters. The Balaban J connectivity index is 2.28. The monoisotopic (exact) mass is 383 g/mol. The highest BCUT2D eigenvalue weighted by Crippen LogP contribution is 2.32. The number of amides is 1. The number of rotatable bonds is 7. The summed E-state index contributed by atoms with van der Waals surface area (Å²) in [4.78, 5) is 15.2. The SMILES string of the molecule is CC(C)CC(C)(COc1ccc(-c2ccnc(N)c2N)cc1C#N)OC(N)=O. The number of pyridine rings is 1. The van der Waals surface area contributed by atoms with Gasteiger partial charge in [0.2, 0.25) is 0 Å². The Morgan fingerprint density at radius 3 is 2.64 bits per heavy atom. The maximum Gasteiger partial charge on any atom is 0.405 e. The van der Waals surface area contributed by atoms with Crippen LogP contribution in [-0.2, 0) is 4.74 Å². The van der Waals surface area contributed by atoms with Crippen molar-refractivity contribution in [3.63, 3.8) is 0 Å². The Kier molecular flexibility index (Phi) is 6.31. The Bertz CT molecular complexity index is 907. The van der Waals surface area contributed by atoms with Gasteiger partial charge in [-0.1, -0.05) is 19.9 Å². The van der Waals surface area contributed by atoms with Crippen molar-refractivity contribution < 1.29 is 14.3 Å². The third-order valence-electron chi connectivity index (χ3n) is 4.15. The van der Waals surface area contributed by atoms with Gasteiger partial charge < -0.3 is 26.7 Å². The summed E-state index contributed by atoms with van der Waals surface area (Å²) in [6.45, 7) is 5.82. The van der Waals surface area contributed by atoms with E-state index in [1.807, 2.05) is 13.8 Å². The van der Waals surface area contributed by atoms with E-state index in [0.29, 0.717) is 34.5 Å². The average molecular weight is 383 g/mol. The molecule has 0 aliphatic rings. The molecule has 0 saturated carbocycles. The summed E-state index contributed by atoms with van der Waals surface area (Å²) in [5.41, 5.74) is 18.1. The maximum absolute atomic E-state index is 11.3. The summed E-state index contributed by atoms with van der Waals surface area (Å²) in [6.07, 6.45) is 1.24. The molecule has 0 aliphatic heterocycles. The zero-order valence-corrected chi connectivity index (χ0v) is 16.2. The maximum atomic E-state index is 11.3. The first-order valence-corrected chi connectivity index (χ1v) is 8.81. The summed E-state index contributed by atoms with van der Waals surface area (Å²) in [5, 5.41) is 9.53. The minimum absolute atomic E-state index is 0.0620. The third kappa shape index (κ3) is 5.04. The molecule has 0 fully saturated rings. The smallest absolute Gasteiger partial charge is 0.405 e. The van der Waals surface area contributed by atoms with E-state index >= 15 is 0 Å². The summed E-state index contributed by atoms with van der Waals surface area (Å²) in [7, 11) is 0. The van der Waals surface area contributed by atoms with Crippen LogP contribution in [0.15, 0.2) is 30.5 Å². The normalized spacial score (nSPS) is 12.8. The van der Waals surface area contributed by atoms with Gasteiger partial charge in [-0.25, -0.2) is 9.78 Å². The minimum atomic E-state index is -0.907. The summed E-state index contributed by atoms with van der Waals surface area (Å²) in [6, 6.07) is 8.94. The lowest BCUT2D eigenvalue weighted by Crippen LogP contribution is -2.41. The molecular formula is C20H25N5O3. The van der Waals surface area contributed by atoms with Gasteiger partial charge in [-0.2, -0.15) is 5.26 Å². The molecule has 1 aromatic heterocycles. The Hall–Kier alpha value is -3.47. The van der Waals surface area contributed by atoms with Crippen LogP contribution in [0, 0.1) is 17.2 Å². The van der Waals surface area contributed by atoms with Crippen molar-refractivity contribution in [1.82, 2.24) is 4.98 Å². The predicted molar refractivity (Wildman–Crippen MR) is 107 cm³/mol. The Labute approximate surface area is 164 Å². The molecule has 0 bridgehead atoms. The van der Waals surface area contributed by atoms with E-state index in [0.717, 1.165) is 0 Å². The molecule has 1 aromatic carbocycles. The van der Waals surface area contributed by atoms with Crippen LogP contribution in [0.5, 0.6) is 5.75 Å². The number of carbonyl (C=O) groups excluding carboxylic acids is 1. The second kappa shape index (κ2) is 8.48. The quantitative estimate of drug-likeness (QED) is 0.664. The van der Waals surface area contributed by atoms with Gasteiger partial charge in [0.25, 0.3) is 0 Å². The van der Waals surface area contributed by atoms with Crippen LogP contribution in [0.1, 0.15) is 32.8 Å². The molecule has 28 heavy (non-hydrogen) atoms. The van der Waals surface area contributed by atoms with Crippen LogP contribution in [-0.4, -0.2) is 23.3 Å². The van der Waals surface area contributed by atoms with Crippen molar-refractivity contribution >= 4 is 17.6 Å². The summed E-state index contributed by atoms with van der Waals surface area (Å²) in [5.74, 6) is 0.852. The fraction of sp³-hybridized carbons (Fsp3) is 0.350. The zero-order valence-electron chi connectivity index (χ0n) is 16.2. The summed E-state index contributed by atoms with van der Waals surface area (Å²) >= 11 is 0. The first-order valence-electron chi connectivity index (χ1n) is 8.81. The molecule has 8 heteroatoms. The molecule has 1 heterocycles. The molecule has 148 valence electrons. The van der Waals surface area contributed by atoms with Crippen molar-refractivity contribution in [3.8, 4) is 22.9 Å². The summed E-state index contributed by atoms with van der Waals surface area (Å²) < 4.78 is 11.1.